The van der Waals surface area contributed by atoms with Gasteiger partial charge in [0.05, 0.1) is 0 Å². The van der Waals surface area contributed by atoms with E-state index in [2.05, 4.69) is 36.2 Å². The van der Waals surface area contributed by atoms with Gasteiger partial charge in [0.15, 0.2) is 5.78 Å². The summed E-state index contributed by atoms with van der Waals surface area (Å²) in [6, 6.07) is 8.02. The molecule has 104 valence electrons. The van der Waals surface area contributed by atoms with Gasteiger partial charge in [-0.1, -0.05) is 0 Å². The van der Waals surface area contributed by atoms with Crippen molar-refractivity contribution in [1.29, 1.82) is 0 Å². The van der Waals surface area contributed by atoms with E-state index in [0.717, 1.165) is 38.0 Å². The zero-order chi connectivity index (χ0) is 13.9. The third-order valence-electron chi connectivity index (χ3n) is 3.97. The van der Waals surface area contributed by atoms with Crippen LogP contribution < -0.4 is 10.2 Å². The Bertz CT molecular complexity index is 437. The van der Waals surface area contributed by atoms with Crippen LogP contribution in [0.15, 0.2) is 24.3 Å². The number of Topliss-reactive ketones (excluding diaryl/α,β-unsaturated/α-hetero) is 1. The summed E-state index contributed by atoms with van der Waals surface area (Å²) < 4.78 is 0. The molecule has 1 N–H and O–H groups in total. The summed E-state index contributed by atoms with van der Waals surface area (Å²) in [5.41, 5.74) is 2.15. The molecule has 0 unspecified atom stereocenters. The SMILES string of the molecule is CC(=O)c1ccc(N2CCCNCCC2(C)C)cc1. The van der Waals surface area contributed by atoms with Crippen molar-refractivity contribution >= 4 is 11.5 Å². The van der Waals surface area contributed by atoms with Gasteiger partial charge in [0.25, 0.3) is 0 Å². The van der Waals surface area contributed by atoms with Crippen molar-refractivity contribution in [2.75, 3.05) is 24.5 Å². The fourth-order valence-corrected chi connectivity index (χ4v) is 2.67. The van der Waals surface area contributed by atoms with Crippen molar-refractivity contribution in [1.82, 2.24) is 5.32 Å². The van der Waals surface area contributed by atoms with Crippen LogP contribution in [0.5, 0.6) is 0 Å². The quantitative estimate of drug-likeness (QED) is 0.830. The Morgan fingerprint density at radius 3 is 2.53 bits per heavy atom. The first-order valence-electron chi connectivity index (χ1n) is 7.10. The molecule has 0 spiro atoms. The molecule has 1 aromatic carbocycles. The van der Waals surface area contributed by atoms with Gasteiger partial charge in [0.2, 0.25) is 0 Å². The van der Waals surface area contributed by atoms with E-state index in [4.69, 9.17) is 0 Å². The Labute approximate surface area is 116 Å². The van der Waals surface area contributed by atoms with E-state index in [1.807, 2.05) is 12.1 Å². The zero-order valence-electron chi connectivity index (χ0n) is 12.2. The third kappa shape index (κ3) is 3.35. The van der Waals surface area contributed by atoms with Gasteiger partial charge in [0, 0.05) is 23.3 Å². The van der Waals surface area contributed by atoms with Crippen LogP contribution in [0.25, 0.3) is 0 Å². The first kappa shape index (κ1) is 14.1. The molecule has 19 heavy (non-hydrogen) atoms. The molecule has 2 rings (SSSR count). The van der Waals surface area contributed by atoms with Crippen LogP contribution in [0.1, 0.15) is 44.0 Å². The predicted molar refractivity (Wildman–Crippen MR) is 80.0 cm³/mol. The lowest BCUT2D eigenvalue weighted by atomic mass is 9.95. The van der Waals surface area contributed by atoms with Gasteiger partial charge >= 0.3 is 0 Å². The fraction of sp³-hybridized carbons (Fsp3) is 0.562. The number of ketones is 1. The first-order chi connectivity index (χ1) is 9.00. The molecular weight excluding hydrogens is 236 g/mol. The molecule has 0 bridgehead atoms. The van der Waals surface area contributed by atoms with E-state index >= 15 is 0 Å². The molecule has 0 saturated carbocycles. The number of rotatable bonds is 2. The number of anilines is 1. The van der Waals surface area contributed by atoms with Gasteiger partial charge in [0.1, 0.15) is 0 Å². The number of hydrogen-bond donors (Lipinski definition) is 1. The molecule has 1 aromatic rings. The van der Waals surface area contributed by atoms with Crippen LogP contribution in [0, 0.1) is 0 Å². The molecule has 0 atom stereocenters. The van der Waals surface area contributed by atoms with E-state index in [-0.39, 0.29) is 11.3 Å². The van der Waals surface area contributed by atoms with Crippen molar-refractivity contribution in [3.63, 3.8) is 0 Å². The molecule has 0 radical (unpaired) electrons. The van der Waals surface area contributed by atoms with Crippen LogP contribution in [-0.4, -0.2) is 31.0 Å². The Morgan fingerprint density at radius 1 is 1.21 bits per heavy atom. The van der Waals surface area contributed by atoms with Gasteiger partial charge in [-0.05, 0) is 71.0 Å². The third-order valence-corrected chi connectivity index (χ3v) is 3.97. The van der Waals surface area contributed by atoms with Crippen molar-refractivity contribution in [2.24, 2.45) is 0 Å². The second-order valence-corrected chi connectivity index (χ2v) is 5.92. The summed E-state index contributed by atoms with van der Waals surface area (Å²) >= 11 is 0. The van der Waals surface area contributed by atoms with E-state index in [1.54, 1.807) is 6.92 Å². The highest BCUT2D eigenvalue weighted by atomic mass is 16.1. The summed E-state index contributed by atoms with van der Waals surface area (Å²) in [4.78, 5) is 13.8. The first-order valence-corrected chi connectivity index (χ1v) is 7.10. The average Bonchev–Trinajstić information content (AvgIpc) is 2.35. The maximum absolute atomic E-state index is 11.3. The lowest BCUT2D eigenvalue weighted by Crippen LogP contribution is -2.49. The van der Waals surface area contributed by atoms with Crippen LogP contribution >= 0.6 is 0 Å². The van der Waals surface area contributed by atoms with Crippen LogP contribution in [-0.2, 0) is 0 Å². The molecule has 0 amide bonds. The number of hydrogen-bond acceptors (Lipinski definition) is 3. The largest absolute Gasteiger partial charge is 0.366 e. The Morgan fingerprint density at radius 2 is 1.89 bits per heavy atom. The van der Waals surface area contributed by atoms with Gasteiger partial charge in [-0.15, -0.1) is 0 Å². The number of nitrogens with one attached hydrogen (secondary N) is 1. The van der Waals surface area contributed by atoms with Crippen LogP contribution in [0.2, 0.25) is 0 Å². The molecule has 0 aliphatic carbocycles. The Hall–Kier alpha value is -1.35. The molecule has 3 nitrogen and oxygen atoms in total. The van der Waals surface area contributed by atoms with Crippen molar-refractivity contribution < 1.29 is 4.79 Å². The second kappa shape index (κ2) is 5.74. The minimum Gasteiger partial charge on any atom is -0.366 e. The lowest BCUT2D eigenvalue weighted by Gasteiger charge is -2.42. The highest BCUT2D eigenvalue weighted by molar-refractivity contribution is 5.94. The zero-order valence-corrected chi connectivity index (χ0v) is 12.2. The standard InChI is InChI=1S/C16H24N2O/c1-13(19)14-5-7-15(8-6-14)18-12-4-10-17-11-9-16(18,2)3/h5-8,17H,4,9-12H2,1-3H3. The maximum atomic E-state index is 11.3. The van der Waals surface area contributed by atoms with Crippen LogP contribution in [0.4, 0.5) is 5.69 Å². The normalized spacial score (nSPS) is 19.6. The van der Waals surface area contributed by atoms with E-state index in [9.17, 15) is 4.79 Å². The smallest absolute Gasteiger partial charge is 0.159 e. The molecular formula is C16H24N2O. The van der Waals surface area contributed by atoms with Gasteiger partial charge < -0.3 is 10.2 Å². The average molecular weight is 260 g/mol. The lowest BCUT2D eigenvalue weighted by molar-refractivity contribution is 0.101. The Kier molecular flexibility index (Phi) is 4.25. The molecule has 1 aliphatic heterocycles. The number of nitrogens with zero attached hydrogens (tertiary/aromatic N) is 1. The summed E-state index contributed by atoms with van der Waals surface area (Å²) in [6.45, 7) is 9.39. The van der Waals surface area contributed by atoms with Crippen molar-refractivity contribution in [3.8, 4) is 0 Å². The van der Waals surface area contributed by atoms with E-state index < -0.39 is 0 Å². The topological polar surface area (TPSA) is 32.3 Å². The minimum absolute atomic E-state index is 0.127. The van der Waals surface area contributed by atoms with Crippen molar-refractivity contribution in [3.05, 3.63) is 29.8 Å². The molecule has 1 heterocycles. The molecule has 1 aliphatic rings. The maximum Gasteiger partial charge on any atom is 0.159 e. The summed E-state index contributed by atoms with van der Waals surface area (Å²) in [5, 5.41) is 3.47. The Balaban J connectivity index is 2.23. The molecule has 0 aromatic heterocycles. The van der Waals surface area contributed by atoms with E-state index in [0.29, 0.717) is 0 Å². The second-order valence-electron chi connectivity index (χ2n) is 5.92. The van der Waals surface area contributed by atoms with E-state index in [1.165, 1.54) is 5.69 Å². The molecule has 1 saturated heterocycles. The molecule has 3 heteroatoms. The summed E-state index contributed by atoms with van der Waals surface area (Å²) in [7, 11) is 0. The predicted octanol–water partition coefficient (Wildman–Crippen LogP) is 2.86. The van der Waals surface area contributed by atoms with Gasteiger partial charge in [-0.3, -0.25) is 4.79 Å². The highest BCUT2D eigenvalue weighted by Crippen LogP contribution is 2.27. The fourth-order valence-electron chi connectivity index (χ4n) is 2.67. The van der Waals surface area contributed by atoms with Crippen LogP contribution in [0.3, 0.4) is 0 Å². The minimum atomic E-state index is 0.127. The molecule has 1 fully saturated rings. The van der Waals surface area contributed by atoms with Gasteiger partial charge in [-0.25, -0.2) is 0 Å². The number of carbonyl (C=O) groups is 1. The summed E-state index contributed by atoms with van der Waals surface area (Å²) in [5.74, 6) is 0.127. The number of benzene rings is 1. The highest BCUT2D eigenvalue weighted by Gasteiger charge is 2.27. The van der Waals surface area contributed by atoms with Crippen molar-refractivity contribution in [2.45, 2.75) is 39.2 Å². The van der Waals surface area contributed by atoms with Gasteiger partial charge in [-0.2, -0.15) is 0 Å². The summed E-state index contributed by atoms with van der Waals surface area (Å²) in [6.07, 6.45) is 2.28. The number of carbonyl (C=O) groups excluding carboxylic acids is 1. The monoisotopic (exact) mass is 260 g/mol.